The van der Waals surface area contributed by atoms with E-state index >= 15 is 0 Å². The van der Waals surface area contributed by atoms with Gasteiger partial charge in [-0.15, -0.1) is 0 Å². The van der Waals surface area contributed by atoms with Gasteiger partial charge in [0.15, 0.2) is 0 Å². The van der Waals surface area contributed by atoms with Gasteiger partial charge in [-0.25, -0.2) is 0 Å². The molecule has 1 aliphatic rings. The molecular weight excluding hydrogens is 324 g/mol. The van der Waals surface area contributed by atoms with Crippen molar-refractivity contribution in [3.8, 4) is 0 Å². The molecule has 4 nitrogen and oxygen atoms in total. The van der Waals surface area contributed by atoms with Gasteiger partial charge in [0.25, 0.3) is 0 Å². The normalized spacial score (nSPS) is 17.5. The van der Waals surface area contributed by atoms with Crippen molar-refractivity contribution >= 4 is 0 Å². The molecule has 0 aliphatic carbocycles. The van der Waals surface area contributed by atoms with Gasteiger partial charge in [-0.05, 0) is 17.7 Å². The van der Waals surface area contributed by atoms with Crippen LogP contribution in [-0.2, 0) is 4.74 Å². The predicted molar refractivity (Wildman–Crippen MR) is 105 cm³/mol. The molecule has 140 valence electrons. The van der Waals surface area contributed by atoms with E-state index < -0.39 is 6.10 Å². The number of hydrogen-bond donors (Lipinski definition) is 1. The Balaban J connectivity index is 1.56. The van der Waals surface area contributed by atoms with E-state index in [9.17, 15) is 5.11 Å². The van der Waals surface area contributed by atoms with E-state index in [1.165, 1.54) is 0 Å². The number of β-amino-alcohol motifs (C(OH)–C–C–N with tert-alkyl or cyclic N) is 1. The lowest BCUT2D eigenvalue weighted by atomic mass is 10.0. The summed E-state index contributed by atoms with van der Waals surface area (Å²) < 4.78 is 6.17. The summed E-state index contributed by atoms with van der Waals surface area (Å²) in [5.41, 5.74) is 2.23. The van der Waals surface area contributed by atoms with Crippen LogP contribution in [0.2, 0.25) is 0 Å². The van der Waals surface area contributed by atoms with Crippen LogP contribution in [0.5, 0.6) is 0 Å². The SMILES string of the molecule is CCN1CCN(C[C@@H](O)COC(c2ccccc2)c2ccccc2)CC1. The standard InChI is InChI=1S/C22H30N2O2/c1-2-23-13-15-24(16-14-23)17-21(25)18-26-22(19-9-5-3-6-10-19)20-11-7-4-8-12-20/h3-12,21-22,25H,2,13-18H2,1H3/t21-/m1/s1. The molecular formula is C22H30N2O2. The number of nitrogens with zero attached hydrogens (tertiary/aromatic N) is 2. The molecule has 2 aromatic rings. The van der Waals surface area contributed by atoms with Crippen molar-refractivity contribution in [2.24, 2.45) is 0 Å². The molecule has 0 radical (unpaired) electrons. The maximum atomic E-state index is 10.5. The second-order valence-electron chi connectivity index (χ2n) is 6.92. The van der Waals surface area contributed by atoms with E-state index in [-0.39, 0.29) is 6.10 Å². The van der Waals surface area contributed by atoms with Crippen molar-refractivity contribution in [3.05, 3.63) is 71.8 Å². The third-order valence-corrected chi connectivity index (χ3v) is 5.04. The number of rotatable bonds is 8. The smallest absolute Gasteiger partial charge is 0.108 e. The fraction of sp³-hybridized carbons (Fsp3) is 0.455. The molecule has 4 heteroatoms. The molecule has 26 heavy (non-hydrogen) atoms. The first-order valence-electron chi connectivity index (χ1n) is 9.60. The van der Waals surface area contributed by atoms with E-state index in [2.05, 4.69) is 41.0 Å². The van der Waals surface area contributed by atoms with Gasteiger partial charge in [0, 0.05) is 32.7 Å². The van der Waals surface area contributed by atoms with Gasteiger partial charge in [0.1, 0.15) is 6.10 Å². The Kier molecular flexibility index (Phi) is 7.21. The number of likely N-dealkylation sites (N-methyl/N-ethyl adjacent to an activating group) is 1. The highest BCUT2D eigenvalue weighted by Crippen LogP contribution is 2.25. The van der Waals surface area contributed by atoms with Gasteiger partial charge in [-0.3, -0.25) is 4.90 Å². The van der Waals surface area contributed by atoms with Crippen LogP contribution in [0.15, 0.2) is 60.7 Å². The average molecular weight is 354 g/mol. The summed E-state index contributed by atoms with van der Waals surface area (Å²) in [6.45, 7) is 8.52. The molecule has 0 aromatic heterocycles. The van der Waals surface area contributed by atoms with E-state index in [0.29, 0.717) is 13.2 Å². The van der Waals surface area contributed by atoms with Crippen LogP contribution in [0.1, 0.15) is 24.2 Å². The van der Waals surface area contributed by atoms with Crippen molar-refractivity contribution < 1.29 is 9.84 Å². The number of ether oxygens (including phenoxy) is 1. The summed E-state index contributed by atoms with van der Waals surface area (Å²) in [6, 6.07) is 20.4. The second kappa shape index (κ2) is 9.83. The average Bonchev–Trinajstić information content (AvgIpc) is 2.70. The van der Waals surface area contributed by atoms with Crippen LogP contribution in [0.3, 0.4) is 0 Å². The van der Waals surface area contributed by atoms with E-state index in [1.807, 2.05) is 36.4 Å². The predicted octanol–water partition coefficient (Wildman–Crippen LogP) is 2.79. The van der Waals surface area contributed by atoms with Crippen molar-refractivity contribution in [3.63, 3.8) is 0 Å². The van der Waals surface area contributed by atoms with Crippen molar-refractivity contribution in [2.45, 2.75) is 19.1 Å². The van der Waals surface area contributed by atoms with Crippen molar-refractivity contribution in [1.29, 1.82) is 0 Å². The molecule has 1 fully saturated rings. The first-order valence-corrected chi connectivity index (χ1v) is 9.60. The molecule has 1 atom stereocenters. The summed E-state index contributed by atoms with van der Waals surface area (Å²) in [5.74, 6) is 0. The molecule has 1 aliphatic heterocycles. The molecule has 0 saturated carbocycles. The van der Waals surface area contributed by atoms with Crippen LogP contribution in [-0.4, -0.2) is 66.9 Å². The molecule has 0 amide bonds. The molecule has 0 spiro atoms. The molecule has 0 bridgehead atoms. The van der Waals surface area contributed by atoms with Gasteiger partial charge in [-0.1, -0.05) is 67.6 Å². The van der Waals surface area contributed by atoms with E-state index in [1.54, 1.807) is 0 Å². The highest BCUT2D eigenvalue weighted by molar-refractivity contribution is 5.29. The zero-order valence-electron chi connectivity index (χ0n) is 15.6. The van der Waals surface area contributed by atoms with Crippen molar-refractivity contribution in [2.75, 3.05) is 45.9 Å². The summed E-state index contributed by atoms with van der Waals surface area (Å²) in [7, 11) is 0. The molecule has 1 heterocycles. The van der Waals surface area contributed by atoms with Gasteiger partial charge in [0.2, 0.25) is 0 Å². The van der Waals surface area contributed by atoms with Crippen LogP contribution in [0, 0.1) is 0 Å². The first-order chi connectivity index (χ1) is 12.8. The van der Waals surface area contributed by atoms with Crippen LogP contribution in [0.25, 0.3) is 0 Å². The summed E-state index contributed by atoms with van der Waals surface area (Å²) in [5, 5.41) is 10.5. The van der Waals surface area contributed by atoms with Crippen molar-refractivity contribution in [1.82, 2.24) is 9.80 Å². The second-order valence-corrected chi connectivity index (χ2v) is 6.92. The van der Waals surface area contributed by atoms with E-state index in [4.69, 9.17) is 4.74 Å². The number of benzene rings is 2. The minimum absolute atomic E-state index is 0.149. The number of piperazine rings is 1. The molecule has 1 N–H and O–H groups in total. The minimum Gasteiger partial charge on any atom is -0.389 e. The Morgan fingerprint density at radius 2 is 1.35 bits per heavy atom. The largest absolute Gasteiger partial charge is 0.389 e. The fourth-order valence-electron chi connectivity index (χ4n) is 3.49. The fourth-order valence-corrected chi connectivity index (χ4v) is 3.49. The minimum atomic E-state index is -0.474. The Labute approximate surface area is 157 Å². The van der Waals surface area contributed by atoms with Gasteiger partial charge >= 0.3 is 0 Å². The molecule has 3 rings (SSSR count). The quantitative estimate of drug-likeness (QED) is 0.791. The Morgan fingerprint density at radius 1 is 0.846 bits per heavy atom. The van der Waals surface area contributed by atoms with Gasteiger partial charge < -0.3 is 14.7 Å². The Morgan fingerprint density at radius 3 is 1.85 bits per heavy atom. The highest BCUT2D eigenvalue weighted by Gasteiger charge is 2.20. The summed E-state index contributed by atoms with van der Waals surface area (Å²) in [6.07, 6.45) is -0.623. The number of aliphatic hydroxyl groups is 1. The third-order valence-electron chi connectivity index (χ3n) is 5.04. The number of hydrogen-bond acceptors (Lipinski definition) is 4. The lowest BCUT2D eigenvalue weighted by Gasteiger charge is -2.35. The zero-order valence-corrected chi connectivity index (χ0v) is 15.6. The summed E-state index contributed by atoms with van der Waals surface area (Å²) >= 11 is 0. The zero-order chi connectivity index (χ0) is 18.2. The monoisotopic (exact) mass is 354 g/mol. The maximum absolute atomic E-state index is 10.5. The van der Waals surface area contributed by atoms with Crippen LogP contribution in [0.4, 0.5) is 0 Å². The highest BCUT2D eigenvalue weighted by atomic mass is 16.5. The third kappa shape index (κ3) is 5.39. The van der Waals surface area contributed by atoms with Gasteiger partial charge in [-0.2, -0.15) is 0 Å². The van der Waals surface area contributed by atoms with Gasteiger partial charge in [0.05, 0.1) is 12.7 Å². The Hall–Kier alpha value is -1.72. The molecule has 0 unspecified atom stereocenters. The lowest BCUT2D eigenvalue weighted by Crippen LogP contribution is -2.48. The molecule has 2 aromatic carbocycles. The van der Waals surface area contributed by atoms with E-state index in [0.717, 1.165) is 43.9 Å². The lowest BCUT2D eigenvalue weighted by molar-refractivity contribution is -0.0142. The maximum Gasteiger partial charge on any atom is 0.108 e. The van der Waals surface area contributed by atoms with Crippen LogP contribution < -0.4 is 0 Å². The topological polar surface area (TPSA) is 35.9 Å². The first kappa shape index (κ1) is 19.1. The van der Waals surface area contributed by atoms with Crippen LogP contribution >= 0.6 is 0 Å². The number of aliphatic hydroxyl groups excluding tert-OH is 1. The summed E-state index contributed by atoms with van der Waals surface area (Å²) in [4.78, 5) is 4.78. The molecule has 1 saturated heterocycles. The Bertz CT molecular complexity index is 588.